The van der Waals surface area contributed by atoms with Crippen LogP contribution in [0.2, 0.25) is 0 Å². The maximum Gasteiger partial charge on any atom is 0.244 e. The van der Waals surface area contributed by atoms with Crippen molar-refractivity contribution in [3.63, 3.8) is 0 Å². The lowest BCUT2D eigenvalue weighted by atomic mass is 10.2. The second kappa shape index (κ2) is 9.82. The smallest absolute Gasteiger partial charge is 0.244 e. The molecule has 0 spiro atoms. The van der Waals surface area contributed by atoms with E-state index in [1.165, 1.54) is 10.4 Å². The van der Waals surface area contributed by atoms with E-state index >= 15 is 0 Å². The highest BCUT2D eigenvalue weighted by molar-refractivity contribution is 7.89. The van der Waals surface area contributed by atoms with Gasteiger partial charge in [-0.1, -0.05) is 48.0 Å². The molecular weight excluding hydrogens is 386 g/mol. The number of hydrogen-bond donors (Lipinski definition) is 1. The number of hydrogen-bond acceptors (Lipinski definition) is 4. The lowest BCUT2D eigenvalue weighted by Gasteiger charge is -2.33. The molecule has 0 atom stereocenters. The van der Waals surface area contributed by atoms with Crippen LogP contribution < -0.4 is 5.32 Å². The van der Waals surface area contributed by atoms with Crippen LogP contribution in [0.25, 0.3) is 6.08 Å². The van der Waals surface area contributed by atoms with Crippen LogP contribution in [0.1, 0.15) is 11.1 Å². The fourth-order valence-corrected chi connectivity index (χ4v) is 4.61. The van der Waals surface area contributed by atoms with Gasteiger partial charge in [-0.25, -0.2) is 8.42 Å². The van der Waals surface area contributed by atoms with Gasteiger partial charge in [-0.2, -0.15) is 4.31 Å². The molecule has 0 unspecified atom stereocenters. The van der Waals surface area contributed by atoms with E-state index in [-0.39, 0.29) is 5.91 Å². The third-order valence-electron chi connectivity index (χ3n) is 4.94. The first-order valence-electron chi connectivity index (χ1n) is 9.75. The summed E-state index contributed by atoms with van der Waals surface area (Å²) in [7, 11) is -3.44. The molecule has 7 heteroatoms. The van der Waals surface area contributed by atoms with Crippen molar-refractivity contribution in [2.24, 2.45) is 0 Å². The molecule has 1 aliphatic rings. The minimum atomic E-state index is -3.44. The summed E-state index contributed by atoms with van der Waals surface area (Å²) in [5.41, 5.74) is 2.02. The quantitative estimate of drug-likeness (QED) is 0.706. The van der Waals surface area contributed by atoms with E-state index < -0.39 is 10.0 Å². The van der Waals surface area contributed by atoms with Gasteiger partial charge in [-0.15, -0.1) is 0 Å². The lowest BCUT2D eigenvalue weighted by Crippen LogP contribution is -2.50. The Labute approximate surface area is 172 Å². The van der Waals surface area contributed by atoms with Gasteiger partial charge in [0.2, 0.25) is 15.9 Å². The third-order valence-corrected chi connectivity index (χ3v) is 6.86. The van der Waals surface area contributed by atoms with Crippen molar-refractivity contribution in [1.29, 1.82) is 0 Å². The highest BCUT2D eigenvalue weighted by Gasteiger charge is 2.28. The molecule has 0 aromatic heterocycles. The molecule has 0 radical (unpaired) electrons. The topological polar surface area (TPSA) is 69.7 Å². The predicted molar refractivity (Wildman–Crippen MR) is 115 cm³/mol. The summed E-state index contributed by atoms with van der Waals surface area (Å²) in [6, 6.07) is 16.6. The Morgan fingerprint density at radius 2 is 1.66 bits per heavy atom. The second-order valence-corrected chi connectivity index (χ2v) is 9.03. The van der Waals surface area contributed by atoms with Crippen molar-refractivity contribution in [2.45, 2.75) is 11.8 Å². The summed E-state index contributed by atoms with van der Waals surface area (Å²) in [4.78, 5) is 14.4. The second-order valence-electron chi connectivity index (χ2n) is 7.09. The first-order chi connectivity index (χ1) is 13.9. The van der Waals surface area contributed by atoms with E-state index in [0.717, 1.165) is 11.1 Å². The molecule has 154 valence electrons. The first-order valence-corrected chi connectivity index (χ1v) is 11.2. The van der Waals surface area contributed by atoms with Gasteiger partial charge < -0.3 is 5.32 Å². The number of carbonyl (C=O) groups excluding carboxylic acids is 1. The molecular formula is C22H27N3O3S. The van der Waals surface area contributed by atoms with Crippen molar-refractivity contribution in [2.75, 3.05) is 39.3 Å². The van der Waals surface area contributed by atoms with Gasteiger partial charge in [0.25, 0.3) is 0 Å². The zero-order valence-corrected chi connectivity index (χ0v) is 17.4. The van der Waals surface area contributed by atoms with Crippen LogP contribution >= 0.6 is 0 Å². The molecule has 1 fully saturated rings. The molecule has 3 rings (SSSR count). The number of piperazine rings is 1. The standard InChI is InChI=1S/C22H27N3O3S/c1-19-7-10-21(11-8-19)29(27,28)25-17-15-24(16-18-25)14-13-23-22(26)12-9-20-5-3-2-4-6-20/h2-12H,13-18H2,1H3,(H,23,26). The number of nitrogens with one attached hydrogen (secondary N) is 1. The van der Waals surface area contributed by atoms with Crippen LogP contribution in [-0.2, 0) is 14.8 Å². The number of rotatable bonds is 7. The first kappa shape index (κ1) is 21.2. The van der Waals surface area contributed by atoms with Gasteiger partial charge >= 0.3 is 0 Å². The number of aryl methyl sites for hydroxylation is 1. The van der Waals surface area contributed by atoms with Gasteiger partial charge in [-0.3, -0.25) is 9.69 Å². The van der Waals surface area contributed by atoms with Crippen LogP contribution in [0, 0.1) is 6.92 Å². The monoisotopic (exact) mass is 413 g/mol. The minimum absolute atomic E-state index is 0.130. The Kier molecular flexibility index (Phi) is 7.19. The van der Waals surface area contributed by atoms with E-state index in [9.17, 15) is 13.2 Å². The van der Waals surface area contributed by atoms with Gasteiger partial charge in [0.15, 0.2) is 0 Å². The fourth-order valence-electron chi connectivity index (χ4n) is 3.18. The fraction of sp³-hybridized carbons (Fsp3) is 0.318. The van der Waals surface area contributed by atoms with Gasteiger partial charge in [0.05, 0.1) is 4.90 Å². The van der Waals surface area contributed by atoms with Crippen molar-refractivity contribution >= 4 is 22.0 Å². The number of nitrogens with zero attached hydrogens (tertiary/aromatic N) is 2. The summed E-state index contributed by atoms with van der Waals surface area (Å²) in [5.74, 6) is -0.130. The van der Waals surface area contributed by atoms with Crippen molar-refractivity contribution in [1.82, 2.24) is 14.5 Å². The third kappa shape index (κ3) is 6.00. The summed E-state index contributed by atoms with van der Waals surface area (Å²) < 4.78 is 27.0. The highest BCUT2D eigenvalue weighted by Crippen LogP contribution is 2.18. The average Bonchev–Trinajstić information content (AvgIpc) is 2.74. The average molecular weight is 414 g/mol. The van der Waals surface area contributed by atoms with Gasteiger partial charge in [-0.05, 0) is 30.7 Å². The summed E-state index contributed by atoms with van der Waals surface area (Å²) in [6.07, 6.45) is 3.31. The van der Waals surface area contributed by atoms with Gasteiger partial charge in [0.1, 0.15) is 0 Å². The molecule has 0 aliphatic carbocycles. The molecule has 2 aromatic rings. The number of sulfonamides is 1. The van der Waals surface area contributed by atoms with Crippen molar-refractivity contribution in [3.8, 4) is 0 Å². The zero-order chi connectivity index (χ0) is 20.7. The molecule has 0 saturated carbocycles. The molecule has 1 aliphatic heterocycles. The number of benzene rings is 2. The van der Waals surface area contributed by atoms with Crippen LogP contribution in [0.5, 0.6) is 0 Å². The van der Waals surface area contributed by atoms with E-state index in [1.54, 1.807) is 18.2 Å². The van der Waals surface area contributed by atoms with E-state index in [0.29, 0.717) is 44.2 Å². The Morgan fingerprint density at radius 1 is 1.00 bits per heavy atom. The van der Waals surface area contributed by atoms with Gasteiger partial charge in [0, 0.05) is 45.3 Å². The summed E-state index contributed by atoms with van der Waals surface area (Å²) >= 11 is 0. The molecule has 2 aromatic carbocycles. The van der Waals surface area contributed by atoms with E-state index in [1.807, 2.05) is 49.4 Å². The Balaban J connectivity index is 1.41. The van der Waals surface area contributed by atoms with Crippen LogP contribution in [0.3, 0.4) is 0 Å². The maximum atomic E-state index is 12.7. The van der Waals surface area contributed by atoms with Crippen LogP contribution in [0.15, 0.2) is 65.6 Å². The molecule has 1 saturated heterocycles. The Morgan fingerprint density at radius 3 is 2.31 bits per heavy atom. The minimum Gasteiger partial charge on any atom is -0.351 e. The molecule has 0 bridgehead atoms. The molecule has 6 nitrogen and oxygen atoms in total. The molecule has 1 N–H and O–H groups in total. The SMILES string of the molecule is Cc1ccc(S(=O)(=O)N2CCN(CCNC(=O)C=Cc3ccccc3)CC2)cc1. The maximum absolute atomic E-state index is 12.7. The largest absolute Gasteiger partial charge is 0.351 e. The van der Waals surface area contributed by atoms with E-state index in [2.05, 4.69) is 10.2 Å². The Bertz CT molecular complexity index is 933. The predicted octanol–water partition coefficient (Wildman–Crippen LogP) is 2.13. The van der Waals surface area contributed by atoms with Crippen LogP contribution in [0.4, 0.5) is 0 Å². The molecule has 29 heavy (non-hydrogen) atoms. The van der Waals surface area contributed by atoms with E-state index in [4.69, 9.17) is 0 Å². The Hall–Kier alpha value is -2.48. The molecule has 1 amide bonds. The summed E-state index contributed by atoms with van der Waals surface area (Å²) in [6.45, 7) is 5.38. The number of carbonyl (C=O) groups is 1. The lowest BCUT2D eigenvalue weighted by molar-refractivity contribution is -0.116. The van der Waals surface area contributed by atoms with Crippen LogP contribution in [-0.4, -0.2) is 62.8 Å². The summed E-state index contributed by atoms with van der Waals surface area (Å²) in [5, 5.41) is 2.87. The zero-order valence-electron chi connectivity index (χ0n) is 16.6. The van der Waals surface area contributed by atoms with Crippen molar-refractivity contribution in [3.05, 3.63) is 71.8 Å². The van der Waals surface area contributed by atoms with Crippen molar-refractivity contribution < 1.29 is 13.2 Å². The number of amides is 1. The normalized spacial score (nSPS) is 16.2. The highest BCUT2D eigenvalue weighted by atomic mass is 32.2. The molecule has 1 heterocycles.